The summed E-state index contributed by atoms with van der Waals surface area (Å²) in [5.74, 6) is -0.428. The normalized spacial score (nSPS) is 11.6. The third kappa shape index (κ3) is 4.09. The van der Waals surface area contributed by atoms with Gasteiger partial charge < -0.3 is 10.1 Å². The zero-order chi connectivity index (χ0) is 16.1. The minimum absolute atomic E-state index is 0.321. The van der Waals surface area contributed by atoms with Crippen molar-refractivity contribution >= 4 is 23.5 Å². The highest BCUT2D eigenvalue weighted by Gasteiger charge is 2.19. The molecule has 0 saturated heterocycles. The molecule has 22 heavy (non-hydrogen) atoms. The van der Waals surface area contributed by atoms with Crippen LogP contribution in [0.25, 0.3) is 0 Å². The van der Waals surface area contributed by atoms with Gasteiger partial charge in [0.25, 0.3) is 5.91 Å². The lowest BCUT2D eigenvalue weighted by molar-refractivity contribution is -0.136. The third-order valence-electron chi connectivity index (χ3n) is 3.08. The first-order valence-electron chi connectivity index (χ1n) is 6.81. The van der Waals surface area contributed by atoms with Crippen molar-refractivity contribution in [2.24, 2.45) is 0 Å². The van der Waals surface area contributed by atoms with Gasteiger partial charge in [-0.1, -0.05) is 29.8 Å². The number of carbonyl (C=O) groups is 2. The van der Waals surface area contributed by atoms with Crippen LogP contribution in [0.4, 0.5) is 0 Å². The molecule has 2 rings (SSSR count). The number of nitrogens with one attached hydrogen (secondary N) is 1. The van der Waals surface area contributed by atoms with Crippen molar-refractivity contribution in [2.75, 3.05) is 0 Å². The highest BCUT2D eigenvalue weighted by molar-refractivity contribution is 6.30. The molecule has 0 aliphatic heterocycles. The van der Waals surface area contributed by atoms with E-state index in [1.807, 2.05) is 6.07 Å². The Morgan fingerprint density at radius 2 is 1.82 bits per heavy atom. The molecule has 4 nitrogen and oxygen atoms in total. The van der Waals surface area contributed by atoms with Gasteiger partial charge in [-0.25, -0.2) is 4.79 Å². The van der Waals surface area contributed by atoms with Gasteiger partial charge in [0.2, 0.25) is 0 Å². The summed E-state index contributed by atoms with van der Waals surface area (Å²) in [6.45, 7) is 3.37. The van der Waals surface area contributed by atoms with E-state index in [1.165, 1.54) is 0 Å². The van der Waals surface area contributed by atoms with Crippen molar-refractivity contribution in [1.29, 1.82) is 0 Å². The van der Waals surface area contributed by atoms with Gasteiger partial charge in [-0.05, 0) is 49.7 Å². The maximum absolute atomic E-state index is 12.0. The van der Waals surface area contributed by atoms with Gasteiger partial charge in [0.1, 0.15) is 11.8 Å². The molecule has 0 aromatic heterocycles. The van der Waals surface area contributed by atoms with Crippen LogP contribution in [0.15, 0.2) is 48.5 Å². The topological polar surface area (TPSA) is 55.4 Å². The number of hydrogen-bond acceptors (Lipinski definition) is 3. The fourth-order valence-corrected chi connectivity index (χ4v) is 2.08. The Balaban J connectivity index is 1.99. The minimum Gasteiger partial charge on any atom is -0.425 e. The van der Waals surface area contributed by atoms with Gasteiger partial charge in [0.15, 0.2) is 0 Å². The lowest BCUT2D eigenvalue weighted by Gasteiger charge is -2.14. The SMILES string of the molecule is Cc1cc(Cl)ccc1OC(=O)C(C)NC(=O)c1ccccc1. The molecule has 5 heteroatoms. The molecule has 0 spiro atoms. The number of rotatable bonds is 4. The van der Waals surface area contributed by atoms with Crippen molar-refractivity contribution in [1.82, 2.24) is 5.32 Å². The summed E-state index contributed by atoms with van der Waals surface area (Å²) in [4.78, 5) is 24.0. The minimum atomic E-state index is -0.761. The zero-order valence-electron chi connectivity index (χ0n) is 12.3. The molecule has 1 atom stereocenters. The molecule has 0 bridgehead atoms. The van der Waals surface area contributed by atoms with Crippen LogP contribution in [0.3, 0.4) is 0 Å². The first-order valence-corrected chi connectivity index (χ1v) is 7.19. The second-order valence-corrected chi connectivity index (χ2v) is 5.33. The highest BCUT2D eigenvalue weighted by atomic mass is 35.5. The van der Waals surface area contributed by atoms with Gasteiger partial charge in [-0.3, -0.25) is 4.79 Å². The Morgan fingerprint density at radius 1 is 1.14 bits per heavy atom. The smallest absolute Gasteiger partial charge is 0.333 e. The number of halogens is 1. The van der Waals surface area contributed by atoms with Crippen LogP contribution >= 0.6 is 11.6 Å². The fraction of sp³-hybridized carbons (Fsp3) is 0.176. The number of carbonyl (C=O) groups excluding carboxylic acids is 2. The van der Waals surface area contributed by atoms with E-state index in [4.69, 9.17) is 16.3 Å². The molecule has 0 heterocycles. The van der Waals surface area contributed by atoms with E-state index in [-0.39, 0.29) is 5.91 Å². The highest BCUT2D eigenvalue weighted by Crippen LogP contribution is 2.22. The van der Waals surface area contributed by atoms with Crippen LogP contribution in [-0.4, -0.2) is 17.9 Å². The number of aryl methyl sites for hydroxylation is 1. The molecule has 0 radical (unpaired) electrons. The maximum atomic E-state index is 12.0. The average Bonchev–Trinajstić information content (AvgIpc) is 2.50. The quantitative estimate of drug-likeness (QED) is 0.695. The molecule has 0 aliphatic carbocycles. The average molecular weight is 318 g/mol. The second kappa shape index (κ2) is 7.09. The molecule has 1 amide bonds. The molecular formula is C17H16ClNO3. The third-order valence-corrected chi connectivity index (χ3v) is 3.32. The summed E-state index contributed by atoms with van der Waals surface area (Å²) in [5, 5.41) is 3.18. The predicted octanol–water partition coefficient (Wildman–Crippen LogP) is 3.37. The van der Waals surface area contributed by atoms with Gasteiger partial charge in [-0.2, -0.15) is 0 Å². The van der Waals surface area contributed by atoms with Crippen LogP contribution in [0.1, 0.15) is 22.8 Å². The Kier molecular flexibility index (Phi) is 5.17. The van der Waals surface area contributed by atoms with Gasteiger partial charge in [-0.15, -0.1) is 0 Å². The fourth-order valence-electron chi connectivity index (χ4n) is 1.85. The number of esters is 1. The van der Waals surface area contributed by atoms with Crippen LogP contribution in [0.2, 0.25) is 5.02 Å². The van der Waals surface area contributed by atoms with Crippen molar-refractivity contribution in [3.05, 3.63) is 64.7 Å². The van der Waals surface area contributed by atoms with E-state index < -0.39 is 12.0 Å². The monoisotopic (exact) mass is 317 g/mol. The summed E-state index contributed by atoms with van der Waals surface area (Å²) in [6, 6.07) is 12.9. The summed E-state index contributed by atoms with van der Waals surface area (Å²) in [7, 11) is 0. The van der Waals surface area contributed by atoms with Crippen LogP contribution in [0.5, 0.6) is 5.75 Å². The molecule has 2 aromatic carbocycles. The molecule has 114 valence electrons. The summed E-state index contributed by atoms with van der Waals surface area (Å²) in [6.07, 6.45) is 0. The Bertz CT molecular complexity index is 686. The number of benzene rings is 2. The molecule has 2 aromatic rings. The number of hydrogen-bond donors (Lipinski definition) is 1. The van der Waals surface area contributed by atoms with Crippen LogP contribution in [0, 0.1) is 6.92 Å². The van der Waals surface area contributed by atoms with Gasteiger partial charge in [0, 0.05) is 10.6 Å². The molecule has 0 saturated carbocycles. The van der Waals surface area contributed by atoms with Gasteiger partial charge in [0.05, 0.1) is 0 Å². The van der Waals surface area contributed by atoms with E-state index in [9.17, 15) is 9.59 Å². The largest absolute Gasteiger partial charge is 0.425 e. The van der Waals surface area contributed by atoms with E-state index in [0.717, 1.165) is 5.56 Å². The van der Waals surface area contributed by atoms with Crippen molar-refractivity contribution in [2.45, 2.75) is 19.9 Å². The number of ether oxygens (including phenoxy) is 1. The van der Waals surface area contributed by atoms with E-state index in [0.29, 0.717) is 16.3 Å². The lowest BCUT2D eigenvalue weighted by atomic mass is 10.2. The van der Waals surface area contributed by atoms with Crippen molar-refractivity contribution in [3.63, 3.8) is 0 Å². The summed E-state index contributed by atoms with van der Waals surface area (Å²) in [5.41, 5.74) is 1.24. The van der Waals surface area contributed by atoms with Crippen molar-refractivity contribution < 1.29 is 14.3 Å². The van der Waals surface area contributed by atoms with Crippen LogP contribution < -0.4 is 10.1 Å². The Morgan fingerprint density at radius 3 is 2.45 bits per heavy atom. The van der Waals surface area contributed by atoms with Crippen molar-refractivity contribution in [3.8, 4) is 5.75 Å². The zero-order valence-corrected chi connectivity index (χ0v) is 13.1. The maximum Gasteiger partial charge on any atom is 0.333 e. The predicted molar refractivity (Wildman–Crippen MR) is 85.2 cm³/mol. The summed E-state index contributed by atoms with van der Waals surface area (Å²) < 4.78 is 5.29. The molecule has 0 aliphatic rings. The van der Waals surface area contributed by atoms with E-state index in [2.05, 4.69) is 5.32 Å². The number of amides is 1. The molecular weight excluding hydrogens is 302 g/mol. The van der Waals surface area contributed by atoms with Gasteiger partial charge >= 0.3 is 5.97 Å². The Hall–Kier alpha value is -2.33. The van der Waals surface area contributed by atoms with E-state index >= 15 is 0 Å². The lowest BCUT2D eigenvalue weighted by Crippen LogP contribution is -2.40. The standard InChI is InChI=1S/C17H16ClNO3/c1-11-10-14(18)8-9-15(11)22-17(21)12(2)19-16(20)13-6-4-3-5-7-13/h3-10,12H,1-2H3,(H,19,20). The first kappa shape index (κ1) is 16.0. The van der Waals surface area contributed by atoms with E-state index in [1.54, 1.807) is 56.3 Å². The molecule has 0 fully saturated rings. The second-order valence-electron chi connectivity index (χ2n) is 4.89. The summed E-state index contributed by atoms with van der Waals surface area (Å²) >= 11 is 5.86. The van der Waals surface area contributed by atoms with Crippen LogP contribution in [-0.2, 0) is 4.79 Å². The Labute approximate surface area is 134 Å². The molecule has 1 N–H and O–H groups in total. The molecule has 1 unspecified atom stereocenters. The first-order chi connectivity index (χ1) is 10.5.